The molecule has 0 aliphatic heterocycles. The summed E-state index contributed by atoms with van der Waals surface area (Å²) in [5, 5.41) is 3.04. The van der Waals surface area contributed by atoms with Crippen molar-refractivity contribution in [2.24, 2.45) is 17.6 Å². The van der Waals surface area contributed by atoms with E-state index in [1.165, 1.54) is 44.9 Å². The third-order valence-corrected chi connectivity index (χ3v) is 4.10. The minimum absolute atomic E-state index is 0.00308. The summed E-state index contributed by atoms with van der Waals surface area (Å²) < 4.78 is 5.40. The zero-order chi connectivity index (χ0) is 12.8. The zero-order valence-electron chi connectivity index (χ0n) is 11.2. The molecule has 2 fully saturated rings. The van der Waals surface area contributed by atoms with Crippen molar-refractivity contribution < 1.29 is 9.53 Å². The summed E-state index contributed by atoms with van der Waals surface area (Å²) in [6.07, 6.45) is 8.79. The number of carbonyl (C=O) groups excluding carboxylic acids is 1. The van der Waals surface area contributed by atoms with Crippen molar-refractivity contribution in [2.75, 3.05) is 19.8 Å². The maximum atomic E-state index is 11.8. The molecule has 3 N–H and O–H groups in total. The molecule has 0 aromatic rings. The smallest absolute Gasteiger partial charge is 0.246 e. The summed E-state index contributed by atoms with van der Waals surface area (Å²) in [5.41, 5.74) is 5.78. The first-order valence-electron chi connectivity index (χ1n) is 7.36. The topological polar surface area (TPSA) is 64.3 Å². The fourth-order valence-corrected chi connectivity index (χ4v) is 2.76. The molecule has 0 bridgehead atoms. The molecule has 0 aromatic heterocycles. The quantitative estimate of drug-likeness (QED) is 0.722. The second-order valence-corrected chi connectivity index (χ2v) is 5.77. The molecule has 0 radical (unpaired) electrons. The number of nitrogens with one attached hydrogen (secondary N) is 1. The van der Waals surface area contributed by atoms with Crippen molar-refractivity contribution in [2.45, 2.75) is 51.0 Å². The van der Waals surface area contributed by atoms with Crippen LogP contribution >= 0.6 is 0 Å². The predicted octanol–water partition coefficient (Wildman–Crippen LogP) is 1.44. The van der Waals surface area contributed by atoms with E-state index < -0.39 is 0 Å². The Balaban J connectivity index is 1.65. The molecule has 2 aliphatic rings. The predicted molar refractivity (Wildman–Crippen MR) is 71.1 cm³/mol. The van der Waals surface area contributed by atoms with Gasteiger partial charge in [0.1, 0.15) is 6.61 Å². The first-order chi connectivity index (χ1) is 8.79. The van der Waals surface area contributed by atoms with Gasteiger partial charge in [0.2, 0.25) is 5.91 Å². The SMILES string of the molecule is NCC(NC(=O)COCC1CC1)C1CCCCC1. The third kappa shape index (κ3) is 4.58. The molecule has 4 nitrogen and oxygen atoms in total. The lowest BCUT2D eigenvalue weighted by molar-refractivity contribution is -0.127. The van der Waals surface area contributed by atoms with E-state index in [4.69, 9.17) is 10.5 Å². The van der Waals surface area contributed by atoms with Gasteiger partial charge in [-0.25, -0.2) is 0 Å². The van der Waals surface area contributed by atoms with Gasteiger partial charge in [-0.1, -0.05) is 19.3 Å². The molecule has 2 saturated carbocycles. The summed E-state index contributed by atoms with van der Waals surface area (Å²) in [6.45, 7) is 1.48. The minimum Gasteiger partial charge on any atom is -0.371 e. The maximum Gasteiger partial charge on any atom is 0.246 e. The molecule has 2 aliphatic carbocycles. The fraction of sp³-hybridized carbons (Fsp3) is 0.929. The highest BCUT2D eigenvalue weighted by molar-refractivity contribution is 5.77. The van der Waals surface area contributed by atoms with Crippen molar-refractivity contribution in [3.8, 4) is 0 Å². The lowest BCUT2D eigenvalue weighted by Gasteiger charge is -2.30. The molecular formula is C14H26N2O2. The Morgan fingerprint density at radius 2 is 1.94 bits per heavy atom. The van der Waals surface area contributed by atoms with E-state index in [1.54, 1.807) is 0 Å². The zero-order valence-corrected chi connectivity index (χ0v) is 11.2. The standard InChI is InChI=1S/C14H26N2O2/c15-8-13(12-4-2-1-3-5-12)16-14(17)10-18-9-11-6-7-11/h11-13H,1-10,15H2,(H,16,17). The van der Waals surface area contributed by atoms with E-state index in [-0.39, 0.29) is 18.6 Å². The Morgan fingerprint density at radius 1 is 1.22 bits per heavy atom. The summed E-state index contributed by atoms with van der Waals surface area (Å²) in [7, 11) is 0. The number of amides is 1. The van der Waals surface area contributed by atoms with Crippen molar-refractivity contribution in [1.82, 2.24) is 5.32 Å². The molecule has 1 amide bonds. The molecule has 18 heavy (non-hydrogen) atoms. The Labute approximate surface area is 110 Å². The highest BCUT2D eigenvalue weighted by Gasteiger charge is 2.25. The monoisotopic (exact) mass is 254 g/mol. The maximum absolute atomic E-state index is 11.8. The Bertz CT molecular complexity index is 261. The lowest BCUT2D eigenvalue weighted by Crippen LogP contribution is -2.47. The first kappa shape index (κ1) is 13.8. The largest absolute Gasteiger partial charge is 0.371 e. The van der Waals surface area contributed by atoms with E-state index in [0.717, 1.165) is 6.61 Å². The average molecular weight is 254 g/mol. The molecule has 0 spiro atoms. The molecule has 0 heterocycles. The number of rotatable bonds is 7. The van der Waals surface area contributed by atoms with Crippen LogP contribution in [0.5, 0.6) is 0 Å². The molecule has 1 unspecified atom stereocenters. The Morgan fingerprint density at radius 3 is 2.56 bits per heavy atom. The minimum atomic E-state index is -0.00308. The van der Waals surface area contributed by atoms with E-state index in [0.29, 0.717) is 18.4 Å². The van der Waals surface area contributed by atoms with Crippen LogP contribution in [-0.2, 0) is 9.53 Å². The van der Waals surface area contributed by atoms with Gasteiger partial charge >= 0.3 is 0 Å². The van der Waals surface area contributed by atoms with Crippen LogP contribution < -0.4 is 11.1 Å². The second-order valence-electron chi connectivity index (χ2n) is 5.77. The van der Waals surface area contributed by atoms with Crippen LogP contribution in [0.15, 0.2) is 0 Å². The Kier molecular flexibility index (Phi) is 5.45. The number of nitrogens with two attached hydrogens (primary N) is 1. The fourth-order valence-electron chi connectivity index (χ4n) is 2.76. The van der Waals surface area contributed by atoms with Gasteiger partial charge in [-0.2, -0.15) is 0 Å². The van der Waals surface area contributed by atoms with Crippen LogP contribution in [0.2, 0.25) is 0 Å². The molecular weight excluding hydrogens is 228 g/mol. The molecule has 104 valence electrons. The van der Waals surface area contributed by atoms with Gasteiger partial charge in [0.25, 0.3) is 0 Å². The van der Waals surface area contributed by atoms with Crippen LogP contribution in [-0.4, -0.2) is 31.7 Å². The summed E-state index contributed by atoms with van der Waals surface area (Å²) in [4.78, 5) is 11.8. The number of carbonyl (C=O) groups is 1. The van der Waals surface area contributed by atoms with Crippen molar-refractivity contribution in [1.29, 1.82) is 0 Å². The highest BCUT2D eigenvalue weighted by Crippen LogP contribution is 2.28. The van der Waals surface area contributed by atoms with Crippen LogP contribution in [0.25, 0.3) is 0 Å². The first-order valence-corrected chi connectivity index (χ1v) is 7.36. The summed E-state index contributed by atoms with van der Waals surface area (Å²) in [5.74, 6) is 1.27. The number of hydrogen-bond acceptors (Lipinski definition) is 3. The van der Waals surface area contributed by atoms with Gasteiger partial charge in [-0.3, -0.25) is 4.79 Å². The van der Waals surface area contributed by atoms with Crippen LogP contribution in [0, 0.1) is 11.8 Å². The normalized spacial score (nSPS) is 22.7. The van der Waals surface area contributed by atoms with Crippen LogP contribution in [0.1, 0.15) is 44.9 Å². The molecule has 0 saturated heterocycles. The van der Waals surface area contributed by atoms with Gasteiger partial charge in [-0.05, 0) is 37.5 Å². The van der Waals surface area contributed by atoms with Gasteiger partial charge in [0, 0.05) is 12.6 Å². The lowest BCUT2D eigenvalue weighted by atomic mass is 9.84. The second kappa shape index (κ2) is 7.10. The van der Waals surface area contributed by atoms with Crippen LogP contribution in [0.3, 0.4) is 0 Å². The van der Waals surface area contributed by atoms with Gasteiger partial charge in [-0.15, -0.1) is 0 Å². The molecule has 4 heteroatoms. The average Bonchev–Trinajstić information content (AvgIpc) is 3.21. The van der Waals surface area contributed by atoms with Crippen LogP contribution in [0.4, 0.5) is 0 Å². The van der Waals surface area contributed by atoms with E-state index in [1.807, 2.05) is 0 Å². The third-order valence-electron chi connectivity index (χ3n) is 4.10. The van der Waals surface area contributed by atoms with E-state index in [9.17, 15) is 4.79 Å². The van der Waals surface area contributed by atoms with E-state index >= 15 is 0 Å². The van der Waals surface area contributed by atoms with Crippen molar-refractivity contribution in [3.05, 3.63) is 0 Å². The van der Waals surface area contributed by atoms with Gasteiger partial charge < -0.3 is 15.8 Å². The molecule has 0 aromatic carbocycles. The van der Waals surface area contributed by atoms with Crippen molar-refractivity contribution >= 4 is 5.91 Å². The van der Waals surface area contributed by atoms with Crippen molar-refractivity contribution in [3.63, 3.8) is 0 Å². The summed E-state index contributed by atoms with van der Waals surface area (Å²) in [6, 6.07) is 0.141. The molecule has 1 atom stereocenters. The van der Waals surface area contributed by atoms with Gasteiger partial charge in [0.15, 0.2) is 0 Å². The van der Waals surface area contributed by atoms with Gasteiger partial charge in [0.05, 0.1) is 6.61 Å². The molecule has 2 rings (SSSR count). The number of ether oxygens (including phenoxy) is 1. The van der Waals surface area contributed by atoms with E-state index in [2.05, 4.69) is 5.32 Å². The number of hydrogen-bond donors (Lipinski definition) is 2. The Hall–Kier alpha value is -0.610. The summed E-state index contributed by atoms with van der Waals surface area (Å²) >= 11 is 0. The highest BCUT2D eigenvalue weighted by atomic mass is 16.5.